The Bertz CT molecular complexity index is 956. The number of carbonyl (C=O) groups excluding carboxylic acids is 1. The van der Waals surface area contributed by atoms with E-state index in [0.717, 1.165) is 24.3 Å². The number of hydrogen-bond acceptors (Lipinski definition) is 2. The van der Waals surface area contributed by atoms with E-state index in [1.807, 2.05) is 0 Å². The number of benzene rings is 2. The Morgan fingerprint density at radius 1 is 1.08 bits per heavy atom. The quantitative estimate of drug-likeness (QED) is 0.621. The Balaban J connectivity index is 2.08. The summed E-state index contributed by atoms with van der Waals surface area (Å²) >= 11 is 0. The molecule has 0 amide bonds. The number of aromatic nitrogens is 1. The SMILES string of the molecule is COc1cc2cc(C)n(C(=O)c3ccc(C(F)(F)F)cc3)c2cc1F. The van der Waals surface area contributed by atoms with E-state index in [4.69, 9.17) is 4.74 Å². The van der Waals surface area contributed by atoms with Gasteiger partial charge in [0, 0.05) is 22.7 Å². The third-order valence-corrected chi connectivity index (χ3v) is 3.92. The fourth-order valence-electron chi connectivity index (χ4n) is 2.70. The Morgan fingerprint density at radius 3 is 2.28 bits per heavy atom. The summed E-state index contributed by atoms with van der Waals surface area (Å²) in [5.41, 5.74) is 0.0898. The van der Waals surface area contributed by atoms with Crippen molar-refractivity contribution in [1.82, 2.24) is 4.57 Å². The van der Waals surface area contributed by atoms with Crippen LogP contribution in [0.4, 0.5) is 17.6 Å². The zero-order valence-corrected chi connectivity index (χ0v) is 13.3. The summed E-state index contributed by atoms with van der Waals surface area (Å²) in [4.78, 5) is 12.7. The van der Waals surface area contributed by atoms with Crippen molar-refractivity contribution in [2.45, 2.75) is 13.1 Å². The molecule has 130 valence electrons. The molecule has 25 heavy (non-hydrogen) atoms. The minimum Gasteiger partial charge on any atom is -0.494 e. The van der Waals surface area contributed by atoms with Gasteiger partial charge in [0.05, 0.1) is 18.2 Å². The van der Waals surface area contributed by atoms with Crippen molar-refractivity contribution >= 4 is 16.8 Å². The van der Waals surface area contributed by atoms with E-state index in [-0.39, 0.29) is 11.3 Å². The summed E-state index contributed by atoms with van der Waals surface area (Å²) in [5.74, 6) is -1.12. The summed E-state index contributed by atoms with van der Waals surface area (Å²) in [6, 6.07) is 8.22. The molecule has 1 heterocycles. The number of rotatable bonds is 2. The Labute approximate surface area is 140 Å². The van der Waals surface area contributed by atoms with Gasteiger partial charge in [-0.2, -0.15) is 13.2 Å². The first-order chi connectivity index (χ1) is 11.7. The predicted molar refractivity (Wildman–Crippen MR) is 84.4 cm³/mol. The molecule has 0 aliphatic carbocycles. The molecule has 0 spiro atoms. The molecule has 7 heteroatoms. The van der Waals surface area contributed by atoms with Gasteiger partial charge in [-0.05, 0) is 43.3 Å². The van der Waals surface area contributed by atoms with Gasteiger partial charge in [0.25, 0.3) is 5.91 Å². The van der Waals surface area contributed by atoms with E-state index in [1.165, 1.54) is 23.8 Å². The van der Waals surface area contributed by atoms with Crippen molar-refractivity contribution in [3.8, 4) is 5.75 Å². The van der Waals surface area contributed by atoms with Crippen molar-refractivity contribution in [2.24, 2.45) is 0 Å². The van der Waals surface area contributed by atoms with E-state index < -0.39 is 23.5 Å². The zero-order valence-electron chi connectivity index (χ0n) is 13.3. The molecule has 2 aromatic carbocycles. The molecular weight excluding hydrogens is 338 g/mol. The van der Waals surface area contributed by atoms with Crippen LogP contribution in [0.3, 0.4) is 0 Å². The second kappa shape index (κ2) is 5.91. The highest BCUT2D eigenvalue weighted by atomic mass is 19.4. The van der Waals surface area contributed by atoms with Gasteiger partial charge in [0.15, 0.2) is 11.6 Å². The number of methoxy groups -OCH3 is 1. The lowest BCUT2D eigenvalue weighted by Gasteiger charge is -2.10. The lowest BCUT2D eigenvalue weighted by atomic mass is 10.1. The van der Waals surface area contributed by atoms with Gasteiger partial charge >= 0.3 is 6.18 Å². The second-order valence-electron chi connectivity index (χ2n) is 5.55. The highest BCUT2D eigenvalue weighted by Crippen LogP contribution is 2.30. The zero-order chi connectivity index (χ0) is 18.4. The van der Waals surface area contributed by atoms with Crippen molar-refractivity contribution < 1.29 is 27.1 Å². The molecule has 0 saturated heterocycles. The molecule has 0 bridgehead atoms. The maximum absolute atomic E-state index is 14.0. The molecule has 1 aromatic heterocycles. The molecule has 0 atom stereocenters. The molecular formula is C18H13F4NO2. The first-order valence-corrected chi connectivity index (χ1v) is 7.30. The molecule has 0 fully saturated rings. The first-order valence-electron chi connectivity index (χ1n) is 7.30. The number of aryl methyl sites for hydroxylation is 1. The number of nitrogens with zero attached hydrogens (tertiary/aromatic N) is 1. The van der Waals surface area contributed by atoms with E-state index >= 15 is 0 Å². The van der Waals surface area contributed by atoms with Gasteiger partial charge in [-0.25, -0.2) is 4.39 Å². The largest absolute Gasteiger partial charge is 0.494 e. The van der Waals surface area contributed by atoms with Crippen LogP contribution < -0.4 is 4.74 Å². The fraction of sp³-hybridized carbons (Fsp3) is 0.167. The van der Waals surface area contributed by atoms with Crippen LogP contribution in [0.25, 0.3) is 10.9 Å². The molecule has 0 saturated carbocycles. The van der Waals surface area contributed by atoms with Crippen molar-refractivity contribution in [1.29, 1.82) is 0 Å². The summed E-state index contributed by atoms with van der Waals surface area (Å²) in [6.07, 6.45) is -4.47. The topological polar surface area (TPSA) is 31.2 Å². The van der Waals surface area contributed by atoms with E-state index in [1.54, 1.807) is 13.0 Å². The third kappa shape index (κ3) is 2.97. The van der Waals surface area contributed by atoms with Crippen molar-refractivity contribution in [3.63, 3.8) is 0 Å². The standard InChI is InChI=1S/C18H13F4NO2/c1-10-7-12-8-16(25-2)14(19)9-15(12)23(10)17(24)11-3-5-13(6-4-11)18(20,21)22/h3-9H,1-2H3. The number of halogens is 4. The van der Waals surface area contributed by atoms with Gasteiger partial charge < -0.3 is 4.74 Å². The maximum Gasteiger partial charge on any atom is 0.416 e. The number of ether oxygens (including phenoxy) is 1. The highest BCUT2D eigenvalue weighted by Gasteiger charge is 2.30. The maximum atomic E-state index is 14.0. The van der Waals surface area contributed by atoms with Crippen LogP contribution in [0.15, 0.2) is 42.5 Å². The van der Waals surface area contributed by atoms with Crippen LogP contribution in [0.1, 0.15) is 21.6 Å². The van der Waals surface area contributed by atoms with Crippen molar-refractivity contribution in [2.75, 3.05) is 7.11 Å². The highest BCUT2D eigenvalue weighted by molar-refractivity contribution is 6.03. The summed E-state index contributed by atoms with van der Waals surface area (Å²) in [7, 11) is 1.33. The van der Waals surface area contributed by atoms with Crippen LogP contribution in [-0.2, 0) is 6.18 Å². The Morgan fingerprint density at radius 2 is 1.72 bits per heavy atom. The summed E-state index contributed by atoms with van der Waals surface area (Å²) < 4.78 is 58.1. The molecule has 3 nitrogen and oxygen atoms in total. The number of carbonyl (C=O) groups is 1. The van der Waals surface area contributed by atoms with Crippen LogP contribution >= 0.6 is 0 Å². The van der Waals surface area contributed by atoms with Crippen LogP contribution in [0.5, 0.6) is 5.75 Å². The lowest BCUT2D eigenvalue weighted by molar-refractivity contribution is -0.137. The normalized spacial score (nSPS) is 11.8. The average Bonchev–Trinajstić information content (AvgIpc) is 2.87. The molecule has 0 radical (unpaired) electrons. The lowest BCUT2D eigenvalue weighted by Crippen LogP contribution is -2.14. The number of fused-ring (bicyclic) bond motifs is 1. The monoisotopic (exact) mass is 351 g/mol. The van der Waals surface area contributed by atoms with Gasteiger partial charge in [-0.1, -0.05) is 0 Å². The van der Waals surface area contributed by atoms with Gasteiger partial charge in [-0.15, -0.1) is 0 Å². The van der Waals surface area contributed by atoms with Crippen LogP contribution in [0.2, 0.25) is 0 Å². The van der Waals surface area contributed by atoms with E-state index in [9.17, 15) is 22.4 Å². The second-order valence-corrected chi connectivity index (χ2v) is 5.55. The molecule has 3 aromatic rings. The van der Waals surface area contributed by atoms with E-state index in [0.29, 0.717) is 16.6 Å². The van der Waals surface area contributed by atoms with E-state index in [2.05, 4.69) is 0 Å². The molecule has 0 aliphatic heterocycles. The smallest absolute Gasteiger partial charge is 0.416 e. The fourth-order valence-corrected chi connectivity index (χ4v) is 2.70. The summed E-state index contributed by atoms with van der Waals surface area (Å²) in [5, 5.41) is 0.594. The van der Waals surface area contributed by atoms with Gasteiger partial charge in [0.1, 0.15) is 0 Å². The third-order valence-electron chi connectivity index (χ3n) is 3.92. The van der Waals surface area contributed by atoms with Gasteiger partial charge in [0.2, 0.25) is 0 Å². The Hall–Kier alpha value is -2.83. The predicted octanol–water partition coefficient (Wildman–Crippen LogP) is 4.80. The minimum atomic E-state index is -4.47. The average molecular weight is 351 g/mol. The molecule has 0 unspecified atom stereocenters. The van der Waals surface area contributed by atoms with Crippen LogP contribution in [-0.4, -0.2) is 17.6 Å². The minimum absolute atomic E-state index is 0.0478. The first kappa shape index (κ1) is 17.0. The van der Waals surface area contributed by atoms with Crippen LogP contribution in [0, 0.1) is 12.7 Å². The summed E-state index contributed by atoms with van der Waals surface area (Å²) in [6.45, 7) is 1.66. The molecule has 0 N–H and O–H groups in total. The van der Waals surface area contributed by atoms with Gasteiger partial charge in [-0.3, -0.25) is 9.36 Å². The molecule has 0 aliphatic rings. The Kier molecular flexibility index (Phi) is 4.02. The number of hydrogen-bond donors (Lipinski definition) is 0. The van der Waals surface area contributed by atoms with Crippen molar-refractivity contribution in [3.05, 3.63) is 65.1 Å². The number of alkyl halides is 3. The molecule has 3 rings (SSSR count).